The first-order chi connectivity index (χ1) is 32.9. The van der Waals surface area contributed by atoms with E-state index in [1.54, 1.807) is 0 Å². The minimum absolute atomic E-state index is 0.334. The van der Waals surface area contributed by atoms with Crippen molar-refractivity contribution in [2.45, 2.75) is 19.3 Å². The zero-order valence-electron chi connectivity index (χ0n) is 37.0. The van der Waals surface area contributed by atoms with Crippen LogP contribution in [-0.4, -0.2) is 29.9 Å². The second kappa shape index (κ2) is 16.4. The number of nitrogens with zero attached hydrogens (tertiary/aromatic N) is 6. The molecule has 0 spiro atoms. The van der Waals surface area contributed by atoms with Crippen LogP contribution in [0.1, 0.15) is 25.0 Å². The van der Waals surface area contributed by atoms with Gasteiger partial charge in [-0.1, -0.05) is 232 Å². The molecule has 0 N–H and O–H groups in total. The zero-order valence-corrected chi connectivity index (χ0v) is 37.0. The van der Waals surface area contributed by atoms with Gasteiger partial charge in [0.25, 0.3) is 0 Å². The second-order valence-corrected chi connectivity index (χ2v) is 17.5. The number of rotatable bonds is 8. The van der Waals surface area contributed by atoms with E-state index in [2.05, 4.69) is 232 Å². The first-order valence-corrected chi connectivity index (χ1v) is 22.6. The van der Waals surface area contributed by atoms with Crippen LogP contribution in [0.25, 0.3) is 111 Å². The van der Waals surface area contributed by atoms with Crippen molar-refractivity contribution < 1.29 is 0 Å². The van der Waals surface area contributed by atoms with Gasteiger partial charge in [-0.15, -0.1) is 0 Å². The third-order valence-corrected chi connectivity index (χ3v) is 13.1. The molecule has 12 aromatic rings. The Morgan fingerprint density at radius 2 is 0.478 bits per heavy atom. The Bertz CT molecular complexity index is 3370. The standard InChI is InChI=1S/C61H42N6/c1-61(2,45-35-31-43(32-36-45)55-62-57(51-27-11-19-39-15-3-7-23-47(39)51)66-58(63-55)52-28-12-20-40-16-4-8-24-48(40)52)46-37-33-44(34-38-46)56-64-59(53-29-13-21-41-17-5-9-25-49(41)53)67-60(65-56)54-30-14-22-42-18-6-10-26-50(42)54/h3-38H,1-2H3. The summed E-state index contributed by atoms with van der Waals surface area (Å²) < 4.78 is 0. The van der Waals surface area contributed by atoms with E-state index in [9.17, 15) is 0 Å². The number of fused-ring (bicyclic) bond motifs is 4. The highest BCUT2D eigenvalue weighted by atomic mass is 15.0. The lowest BCUT2D eigenvalue weighted by molar-refractivity contribution is 0.641. The van der Waals surface area contributed by atoms with Crippen LogP contribution in [0.5, 0.6) is 0 Å². The van der Waals surface area contributed by atoms with E-state index in [0.717, 1.165) is 76.5 Å². The van der Waals surface area contributed by atoms with Gasteiger partial charge in [0.15, 0.2) is 34.9 Å². The minimum Gasteiger partial charge on any atom is -0.208 e. The highest BCUT2D eigenvalue weighted by Gasteiger charge is 2.25. The second-order valence-electron chi connectivity index (χ2n) is 17.5. The Hall–Kier alpha value is -8.74. The fourth-order valence-electron chi connectivity index (χ4n) is 9.41. The predicted octanol–water partition coefficient (Wildman–Crippen LogP) is 15.0. The van der Waals surface area contributed by atoms with Crippen LogP contribution < -0.4 is 0 Å². The average molecular weight is 859 g/mol. The maximum Gasteiger partial charge on any atom is 0.164 e. The van der Waals surface area contributed by atoms with E-state index in [1.807, 2.05) is 0 Å². The van der Waals surface area contributed by atoms with Crippen molar-refractivity contribution in [2.75, 3.05) is 0 Å². The summed E-state index contributed by atoms with van der Waals surface area (Å²) in [7, 11) is 0. The van der Waals surface area contributed by atoms with Crippen LogP contribution in [0.3, 0.4) is 0 Å². The lowest BCUT2D eigenvalue weighted by Crippen LogP contribution is -2.18. The molecule has 10 aromatic carbocycles. The molecule has 316 valence electrons. The first-order valence-electron chi connectivity index (χ1n) is 22.6. The summed E-state index contributed by atoms with van der Waals surface area (Å²) in [5, 5.41) is 8.94. The quantitative estimate of drug-likeness (QED) is 0.151. The van der Waals surface area contributed by atoms with Crippen molar-refractivity contribution in [3.63, 3.8) is 0 Å². The van der Waals surface area contributed by atoms with Gasteiger partial charge in [0.1, 0.15) is 0 Å². The van der Waals surface area contributed by atoms with E-state index in [4.69, 9.17) is 29.9 Å². The zero-order chi connectivity index (χ0) is 44.9. The van der Waals surface area contributed by atoms with Crippen molar-refractivity contribution in [3.8, 4) is 68.3 Å². The van der Waals surface area contributed by atoms with E-state index < -0.39 is 0 Å². The largest absolute Gasteiger partial charge is 0.208 e. The van der Waals surface area contributed by atoms with Gasteiger partial charge < -0.3 is 0 Å². The smallest absolute Gasteiger partial charge is 0.164 e. The summed E-state index contributed by atoms with van der Waals surface area (Å²) in [6.07, 6.45) is 0. The van der Waals surface area contributed by atoms with Crippen LogP contribution in [0.15, 0.2) is 218 Å². The molecule has 0 aliphatic rings. The molecular weight excluding hydrogens is 817 g/mol. The van der Waals surface area contributed by atoms with Gasteiger partial charge in [-0.25, -0.2) is 29.9 Å². The number of benzene rings is 10. The summed E-state index contributed by atoms with van der Waals surface area (Å²) >= 11 is 0. The predicted molar refractivity (Wildman–Crippen MR) is 274 cm³/mol. The molecule has 67 heavy (non-hydrogen) atoms. The molecule has 0 fully saturated rings. The molecule has 0 unspecified atom stereocenters. The van der Waals surface area contributed by atoms with Gasteiger partial charge in [-0.3, -0.25) is 0 Å². The normalized spacial score (nSPS) is 11.7. The molecule has 0 aliphatic heterocycles. The summed E-state index contributed by atoms with van der Waals surface area (Å²) in [6.45, 7) is 4.52. The lowest BCUT2D eigenvalue weighted by Gasteiger charge is -2.26. The number of aromatic nitrogens is 6. The molecule has 0 bridgehead atoms. The molecule has 0 aliphatic carbocycles. The highest BCUT2D eigenvalue weighted by molar-refractivity contribution is 5.99. The van der Waals surface area contributed by atoms with Crippen molar-refractivity contribution in [1.29, 1.82) is 0 Å². The van der Waals surface area contributed by atoms with E-state index >= 15 is 0 Å². The van der Waals surface area contributed by atoms with Crippen LogP contribution in [-0.2, 0) is 5.41 Å². The van der Waals surface area contributed by atoms with Gasteiger partial charge in [0, 0.05) is 38.8 Å². The molecule has 0 radical (unpaired) electrons. The molecule has 0 saturated heterocycles. The summed E-state index contributed by atoms with van der Waals surface area (Å²) in [5.41, 5.74) is 7.70. The maximum absolute atomic E-state index is 5.16. The third kappa shape index (κ3) is 7.25. The Kier molecular flexibility index (Phi) is 9.72. The summed E-state index contributed by atoms with van der Waals surface area (Å²) in [5.74, 6) is 3.80. The fraction of sp³-hybridized carbons (Fsp3) is 0.0492. The topological polar surface area (TPSA) is 77.3 Å². The van der Waals surface area contributed by atoms with E-state index in [0.29, 0.717) is 34.9 Å². The molecular formula is C61H42N6. The first kappa shape index (κ1) is 39.8. The Morgan fingerprint density at radius 1 is 0.239 bits per heavy atom. The van der Waals surface area contributed by atoms with Gasteiger partial charge in [0.05, 0.1) is 0 Å². The van der Waals surface area contributed by atoms with E-state index in [1.165, 1.54) is 11.1 Å². The number of hydrogen-bond donors (Lipinski definition) is 0. The molecule has 12 rings (SSSR count). The lowest BCUT2D eigenvalue weighted by atomic mass is 9.77. The number of hydrogen-bond acceptors (Lipinski definition) is 6. The van der Waals surface area contributed by atoms with Crippen LogP contribution in [0.4, 0.5) is 0 Å². The monoisotopic (exact) mass is 858 g/mol. The summed E-state index contributed by atoms with van der Waals surface area (Å²) in [4.78, 5) is 31.0. The van der Waals surface area contributed by atoms with E-state index in [-0.39, 0.29) is 5.41 Å². The Balaban J connectivity index is 0.911. The molecule has 6 heteroatoms. The molecule has 2 aromatic heterocycles. The van der Waals surface area contributed by atoms with Gasteiger partial charge >= 0.3 is 0 Å². The molecule has 2 heterocycles. The van der Waals surface area contributed by atoms with Crippen LogP contribution in [0.2, 0.25) is 0 Å². The minimum atomic E-state index is -0.334. The van der Waals surface area contributed by atoms with Gasteiger partial charge in [0.2, 0.25) is 0 Å². The highest BCUT2D eigenvalue weighted by Crippen LogP contribution is 2.37. The SMILES string of the molecule is CC(C)(c1ccc(-c2nc(-c3cccc4ccccc34)nc(-c3cccc4ccccc34)n2)cc1)c1ccc(-c2nc(-c3cccc4ccccc34)nc(-c3cccc4ccccc34)n2)cc1. The Morgan fingerprint density at radius 3 is 0.761 bits per heavy atom. The van der Waals surface area contributed by atoms with Crippen LogP contribution in [0, 0.1) is 0 Å². The van der Waals surface area contributed by atoms with Crippen LogP contribution >= 0.6 is 0 Å². The van der Waals surface area contributed by atoms with Crippen molar-refractivity contribution >= 4 is 43.1 Å². The third-order valence-electron chi connectivity index (χ3n) is 13.1. The fourth-order valence-corrected chi connectivity index (χ4v) is 9.41. The van der Waals surface area contributed by atoms with Gasteiger partial charge in [-0.2, -0.15) is 0 Å². The van der Waals surface area contributed by atoms with Crippen molar-refractivity contribution in [3.05, 3.63) is 230 Å². The average Bonchev–Trinajstić information content (AvgIpc) is 3.40. The molecule has 0 amide bonds. The maximum atomic E-state index is 5.16. The van der Waals surface area contributed by atoms with Crippen molar-refractivity contribution in [2.24, 2.45) is 0 Å². The molecule has 0 saturated carbocycles. The van der Waals surface area contributed by atoms with Gasteiger partial charge in [-0.05, 0) is 54.2 Å². The molecule has 6 nitrogen and oxygen atoms in total. The Labute approximate surface area is 388 Å². The van der Waals surface area contributed by atoms with Crippen molar-refractivity contribution in [1.82, 2.24) is 29.9 Å². The summed E-state index contributed by atoms with van der Waals surface area (Å²) in [6, 6.07) is 76.0. The molecule has 0 atom stereocenters.